The zero-order valence-electron chi connectivity index (χ0n) is 22.5. The van der Waals surface area contributed by atoms with Crippen LogP contribution in [-0.2, 0) is 21.4 Å². The molecule has 1 unspecified atom stereocenters. The fourth-order valence-electron chi connectivity index (χ4n) is 5.37. The number of hydrogen-bond acceptors (Lipinski definition) is 8. The lowest BCUT2D eigenvalue weighted by Gasteiger charge is -2.43. The lowest BCUT2D eigenvalue weighted by molar-refractivity contribution is -0.192. The number of pyridine rings is 1. The molecule has 228 valence electrons. The van der Waals surface area contributed by atoms with Crippen LogP contribution in [0.1, 0.15) is 36.8 Å². The van der Waals surface area contributed by atoms with Gasteiger partial charge in [0.25, 0.3) is 10.0 Å². The molecule has 2 saturated heterocycles. The Balaban J connectivity index is 0.000000517. The minimum absolute atomic E-state index is 0.0489. The number of carboxylic acids is 1. The Kier molecular flexibility index (Phi) is 9.37. The molecule has 16 heteroatoms. The molecule has 2 aromatic heterocycles. The maximum absolute atomic E-state index is 14.2. The maximum Gasteiger partial charge on any atom is 0.490 e. The summed E-state index contributed by atoms with van der Waals surface area (Å²) in [6.07, 6.45) is 0.385. The van der Waals surface area contributed by atoms with Crippen molar-refractivity contribution in [1.29, 1.82) is 0 Å². The molecule has 0 radical (unpaired) electrons. The average molecular weight is 634 g/mol. The van der Waals surface area contributed by atoms with Gasteiger partial charge in [-0.2, -0.15) is 21.6 Å². The second kappa shape index (κ2) is 12.5. The third-order valence-electron chi connectivity index (χ3n) is 7.40. The number of nitrogens with one attached hydrogen (secondary N) is 1. The third kappa shape index (κ3) is 7.33. The summed E-state index contributed by atoms with van der Waals surface area (Å²) in [4.78, 5) is 21.6. The molecule has 0 saturated carbocycles. The summed E-state index contributed by atoms with van der Waals surface area (Å²) in [6, 6.07) is 6.04. The summed E-state index contributed by atoms with van der Waals surface area (Å²) in [6.45, 7) is 2.29. The van der Waals surface area contributed by atoms with Gasteiger partial charge >= 0.3 is 12.1 Å². The quantitative estimate of drug-likeness (QED) is 0.342. The minimum atomic E-state index is -5.08. The number of carbonyl (C=O) groups is 1. The van der Waals surface area contributed by atoms with E-state index in [0.29, 0.717) is 24.2 Å². The number of anilines is 2. The highest BCUT2D eigenvalue weighted by atomic mass is 32.2. The number of fused-ring (bicyclic) bond motifs is 2. The molecule has 3 aromatic rings. The molecule has 0 amide bonds. The zero-order valence-corrected chi connectivity index (χ0v) is 24.1. The number of thiazole rings is 1. The second-order valence-electron chi connectivity index (χ2n) is 10.1. The second-order valence-corrected chi connectivity index (χ2v) is 12.5. The van der Waals surface area contributed by atoms with Gasteiger partial charge in [-0.1, -0.05) is 0 Å². The number of aliphatic carboxylic acids is 1. The van der Waals surface area contributed by atoms with E-state index in [4.69, 9.17) is 9.90 Å². The number of halogens is 5. The number of carboxylic acid groups (broad SMARTS) is 1. The van der Waals surface area contributed by atoms with Gasteiger partial charge in [0.2, 0.25) is 0 Å². The Morgan fingerprint density at radius 1 is 1.17 bits per heavy atom. The summed E-state index contributed by atoms with van der Waals surface area (Å²) in [7, 11) is -1.81. The molecule has 9 nitrogen and oxygen atoms in total. The molecule has 42 heavy (non-hydrogen) atoms. The molecule has 4 heterocycles. The largest absolute Gasteiger partial charge is 0.490 e. The Bertz CT molecular complexity index is 1510. The van der Waals surface area contributed by atoms with Crippen molar-refractivity contribution in [2.45, 2.75) is 68.5 Å². The molecule has 3 atom stereocenters. The van der Waals surface area contributed by atoms with Crippen LogP contribution in [0, 0.1) is 18.6 Å². The van der Waals surface area contributed by atoms with Gasteiger partial charge in [-0.25, -0.2) is 23.5 Å². The topological polar surface area (TPSA) is 116 Å². The summed E-state index contributed by atoms with van der Waals surface area (Å²) >= 11 is 1.30. The predicted molar refractivity (Wildman–Crippen MR) is 146 cm³/mol. The van der Waals surface area contributed by atoms with E-state index in [1.54, 1.807) is 23.2 Å². The van der Waals surface area contributed by atoms with E-state index in [9.17, 15) is 30.4 Å². The van der Waals surface area contributed by atoms with Gasteiger partial charge < -0.3 is 10.0 Å². The lowest BCUT2D eigenvalue weighted by atomic mass is 9.95. The summed E-state index contributed by atoms with van der Waals surface area (Å²) in [5, 5.41) is 8.70. The number of hydrogen-bond donors (Lipinski definition) is 2. The van der Waals surface area contributed by atoms with Crippen molar-refractivity contribution in [2.75, 3.05) is 16.7 Å². The van der Waals surface area contributed by atoms with Crippen LogP contribution in [0.3, 0.4) is 0 Å². The normalized spacial score (nSPS) is 20.5. The first-order chi connectivity index (χ1) is 19.7. The molecule has 2 aliphatic rings. The van der Waals surface area contributed by atoms with Gasteiger partial charge in [0, 0.05) is 42.7 Å². The maximum atomic E-state index is 14.2. The van der Waals surface area contributed by atoms with Crippen LogP contribution in [-0.4, -0.2) is 65.7 Å². The molecule has 0 aliphatic carbocycles. The minimum Gasteiger partial charge on any atom is -0.475 e. The van der Waals surface area contributed by atoms with E-state index in [-0.39, 0.29) is 22.7 Å². The Morgan fingerprint density at radius 3 is 2.36 bits per heavy atom. The number of sulfonamides is 1. The molecule has 0 spiro atoms. The average Bonchev–Trinajstić information content (AvgIpc) is 3.49. The first kappa shape index (κ1) is 31.6. The van der Waals surface area contributed by atoms with Crippen molar-refractivity contribution in [2.24, 2.45) is 0 Å². The van der Waals surface area contributed by atoms with Crippen molar-refractivity contribution in [1.82, 2.24) is 14.9 Å². The number of rotatable bonds is 7. The Morgan fingerprint density at radius 2 is 1.81 bits per heavy atom. The van der Waals surface area contributed by atoms with Gasteiger partial charge in [-0.15, -0.1) is 11.3 Å². The van der Waals surface area contributed by atoms with Crippen LogP contribution in [0.5, 0.6) is 0 Å². The highest BCUT2D eigenvalue weighted by molar-refractivity contribution is 7.92. The molecule has 2 N–H and O–H groups in total. The number of alkyl halides is 3. The van der Waals surface area contributed by atoms with Crippen LogP contribution < -0.4 is 9.62 Å². The van der Waals surface area contributed by atoms with Crippen LogP contribution in [0.4, 0.5) is 33.5 Å². The van der Waals surface area contributed by atoms with E-state index in [1.165, 1.54) is 23.5 Å². The Hall–Kier alpha value is -3.37. The first-order valence-electron chi connectivity index (χ1n) is 12.8. The number of nitrogens with zero attached hydrogens (tertiary/aromatic N) is 4. The lowest BCUT2D eigenvalue weighted by Crippen LogP contribution is -2.49. The van der Waals surface area contributed by atoms with Gasteiger partial charge in [-0.05, 0) is 62.4 Å². The van der Waals surface area contributed by atoms with E-state index >= 15 is 0 Å². The highest BCUT2D eigenvalue weighted by Crippen LogP contribution is 2.40. The molecule has 1 aromatic carbocycles. The number of aryl methyl sites for hydroxylation is 1. The molecular formula is C26H28F5N5O4S2. The summed E-state index contributed by atoms with van der Waals surface area (Å²) in [5.74, 6) is -3.27. The van der Waals surface area contributed by atoms with Gasteiger partial charge in [0.05, 0.1) is 17.4 Å². The summed E-state index contributed by atoms with van der Waals surface area (Å²) < 4.78 is 87.4. The molecule has 2 aliphatic heterocycles. The van der Waals surface area contributed by atoms with Crippen molar-refractivity contribution in [3.8, 4) is 0 Å². The smallest absolute Gasteiger partial charge is 0.475 e. The number of benzene rings is 1. The SMILES string of the molecule is Cc1cc(S(=O)(=O)Nc2cscn2)ncc1N(C)C1C[C@H]2CC[C@@H](C1)N2Cc1cc(F)ccc1F.O=C(O)C(F)(F)F. The van der Waals surface area contributed by atoms with Crippen LogP contribution in [0.2, 0.25) is 0 Å². The fourth-order valence-corrected chi connectivity index (χ4v) is 6.94. The van der Waals surface area contributed by atoms with Crippen LogP contribution >= 0.6 is 11.3 Å². The summed E-state index contributed by atoms with van der Waals surface area (Å²) in [5.41, 5.74) is 3.66. The van der Waals surface area contributed by atoms with E-state index in [2.05, 4.69) is 24.5 Å². The number of aromatic nitrogens is 2. The Labute approximate surface area is 243 Å². The zero-order chi connectivity index (χ0) is 30.8. The molecule has 5 rings (SSSR count). The van der Waals surface area contributed by atoms with Gasteiger partial charge in [0.15, 0.2) is 10.8 Å². The van der Waals surface area contributed by atoms with Crippen molar-refractivity contribution < 1.29 is 40.3 Å². The predicted octanol–water partition coefficient (Wildman–Crippen LogP) is 5.19. The standard InChI is InChI=1S/C24H27F2N5O2S2.C2HF3O2/c1-15-7-24(35(32,33)29-23-13-34-14-28-23)27-11-22(15)30(2)20-9-18-4-5-19(10-20)31(18)12-16-8-17(25)3-6-21(16)26;3-2(4,5)1(6)7/h3,6-8,11,13-14,18-20,29H,4-5,9-10,12H2,1-2H3;(H,6,7)/t18-,19+,20?;. The van der Waals surface area contributed by atoms with Crippen molar-refractivity contribution >= 4 is 38.8 Å². The molecule has 2 bridgehead atoms. The van der Waals surface area contributed by atoms with E-state index in [0.717, 1.165) is 43.0 Å². The van der Waals surface area contributed by atoms with Crippen LogP contribution in [0.25, 0.3) is 0 Å². The van der Waals surface area contributed by atoms with Crippen molar-refractivity contribution in [3.63, 3.8) is 0 Å². The third-order valence-corrected chi connectivity index (χ3v) is 9.23. The fraction of sp³-hybridized carbons (Fsp3) is 0.423. The molecule has 2 fully saturated rings. The van der Waals surface area contributed by atoms with Crippen LogP contribution in [0.15, 0.2) is 46.4 Å². The first-order valence-corrected chi connectivity index (χ1v) is 15.2. The van der Waals surface area contributed by atoms with E-state index < -0.39 is 28.0 Å². The van der Waals surface area contributed by atoms with Crippen molar-refractivity contribution in [3.05, 3.63) is 64.1 Å². The highest BCUT2D eigenvalue weighted by Gasteiger charge is 2.42. The van der Waals surface area contributed by atoms with Gasteiger partial charge in [-0.3, -0.25) is 9.62 Å². The van der Waals surface area contributed by atoms with E-state index in [1.807, 2.05) is 14.0 Å². The number of piperidine rings is 1. The van der Waals surface area contributed by atoms with Gasteiger partial charge in [0.1, 0.15) is 11.6 Å². The monoisotopic (exact) mass is 633 g/mol. The molecular weight excluding hydrogens is 605 g/mol.